The molecule has 1 saturated carbocycles. The lowest BCUT2D eigenvalue weighted by Gasteiger charge is -2.35. The van der Waals surface area contributed by atoms with Crippen molar-refractivity contribution < 1.29 is 43.3 Å². The molecule has 1 aliphatic carbocycles. The predicted octanol–water partition coefficient (Wildman–Crippen LogP) is 1.42. The molecule has 16 nitrogen and oxygen atoms in total. The van der Waals surface area contributed by atoms with E-state index in [-0.39, 0.29) is 69.0 Å². The largest absolute Gasteiger partial charge is 0.481 e. The van der Waals surface area contributed by atoms with E-state index in [9.17, 15) is 33.9 Å². The Morgan fingerprint density at radius 2 is 1.66 bits per heavy atom. The Bertz CT molecular complexity index is 1550. The number of carboxylic acids is 1. The zero-order chi connectivity index (χ0) is 35.8. The first-order valence-electron chi connectivity index (χ1n) is 17.2. The highest BCUT2D eigenvalue weighted by atomic mass is 16.6. The van der Waals surface area contributed by atoms with Gasteiger partial charge in [0, 0.05) is 51.8 Å². The minimum Gasteiger partial charge on any atom is -0.481 e. The molecule has 0 unspecified atom stereocenters. The number of amides is 5. The fourth-order valence-electron chi connectivity index (χ4n) is 6.07. The number of nitrogens with one attached hydrogen (secondary N) is 2. The molecule has 3 aliphatic rings. The Hall–Kier alpha value is -5.15. The van der Waals surface area contributed by atoms with Gasteiger partial charge in [-0.15, -0.1) is 0 Å². The molecule has 3 heterocycles. The van der Waals surface area contributed by atoms with Crippen LogP contribution in [0.25, 0.3) is 5.69 Å². The topological polar surface area (TPSA) is 193 Å². The number of rotatable bonds is 14. The van der Waals surface area contributed by atoms with Crippen LogP contribution in [-0.2, 0) is 23.9 Å². The Kier molecular flexibility index (Phi) is 11.9. The summed E-state index contributed by atoms with van der Waals surface area (Å²) in [4.78, 5) is 81.6. The van der Waals surface area contributed by atoms with Crippen molar-refractivity contribution in [2.75, 3.05) is 45.9 Å². The summed E-state index contributed by atoms with van der Waals surface area (Å²) >= 11 is 0. The summed E-state index contributed by atoms with van der Waals surface area (Å²) in [7, 11) is 0. The highest BCUT2D eigenvalue weighted by molar-refractivity contribution is 5.96. The van der Waals surface area contributed by atoms with Gasteiger partial charge >= 0.3 is 12.1 Å². The molecule has 2 saturated heterocycles. The van der Waals surface area contributed by atoms with Crippen LogP contribution in [0.4, 0.5) is 4.79 Å². The molecule has 50 heavy (non-hydrogen) atoms. The second-order valence-corrected chi connectivity index (χ2v) is 12.7. The summed E-state index contributed by atoms with van der Waals surface area (Å²) in [5.74, 6) is -2.31. The van der Waals surface area contributed by atoms with Crippen LogP contribution in [0.15, 0.2) is 36.4 Å². The van der Waals surface area contributed by atoms with Gasteiger partial charge in [0.05, 0.1) is 12.3 Å². The lowest BCUT2D eigenvalue weighted by atomic mass is 10.1. The first-order chi connectivity index (χ1) is 24.0. The van der Waals surface area contributed by atoms with Crippen molar-refractivity contribution in [1.29, 1.82) is 0 Å². The maximum Gasteiger partial charge on any atom is 0.409 e. The van der Waals surface area contributed by atoms with Crippen LogP contribution in [0.2, 0.25) is 0 Å². The number of carboxylic acid groups (broad SMARTS) is 1. The molecule has 1 aromatic heterocycles. The number of nitrogens with zero attached hydrogens (tertiary/aromatic N) is 5. The molecule has 1 aromatic carbocycles. The number of benzene rings is 1. The number of carbonyl (C=O) groups excluding carboxylic acids is 5. The molecule has 3 N–H and O–H groups in total. The minimum atomic E-state index is -1.18. The van der Waals surface area contributed by atoms with E-state index in [1.54, 1.807) is 44.2 Å². The zero-order valence-corrected chi connectivity index (χ0v) is 28.4. The number of para-hydroxylation sites is 1. The van der Waals surface area contributed by atoms with E-state index in [0.29, 0.717) is 37.5 Å². The maximum atomic E-state index is 13.6. The summed E-state index contributed by atoms with van der Waals surface area (Å²) in [6.07, 6.45) is 1.40. The number of hydrogen-bond acceptors (Lipinski definition) is 9. The molecular formula is C34H45N7O9. The molecule has 2 aromatic rings. The maximum absolute atomic E-state index is 13.6. The van der Waals surface area contributed by atoms with E-state index in [4.69, 9.17) is 9.47 Å². The van der Waals surface area contributed by atoms with E-state index in [1.165, 1.54) is 25.4 Å². The van der Waals surface area contributed by atoms with E-state index in [2.05, 4.69) is 15.7 Å². The molecule has 3 atom stereocenters. The Labute approximate surface area is 290 Å². The van der Waals surface area contributed by atoms with Gasteiger partial charge in [-0.3, -0.25) is 24.0 Å². The van der Waals surface area contributed by atoms with Crippen LogP contribution in [0.3, 0.4) is 0 Å². The number of hydrogen-bond donors (Lipinski definition) is 3. The first-order valence-corrected chi connectivity index (χ1v) is 17.2. The van der Waals surface area contributed by atoms with E-state index >= 15 is 0 Å². The zero-order valence-electron chi connectivity index (χ0n) is 28.4. The molecule has 0 bridgehead atoms. The molecule has 0 radical (unpaired) electrons. The monoisotopic (exact) mass is 695 g/mol. The summed E-state index contributed by atoms with van der Waals surface area (Å²) in [6.45, 7) is 5.36. The average molecular weight is 696 g/mol. The summed E-state index contributed by atoms with van der Waals surface area (Å²) in [6, 6.07) is 8.42. The fraction of sp³-hybridized carbons (Fsp3) is 0.559. The van der Waals surface area contributed by atoms with Crippen molar-refractivity contribution in [3.05, 3.63) is 42.1 Å². The third-order valence-electron chi connectivity index (χ3n) is 9.02. The molecular weight excluding hydrogens is 650 g/mol. The van der Waals surface area contributed by atoms with Gasteiger partial charge in [0.25, 0.3) is 11.8 Å². The van der Waals surface area contributed by atoms with Gasteiger partial charge in [-0.1, -0.05) is 18.2 Å². The summed E-state index contributed by atoms with van der Waals surface area (Å²) in [5.41, 5.74) is 0.417. The lowest BCUT2D eigenvalue weighted by molar-refractivity contribution is -0.143. The van der Waals surface area contributed by atoms with Gasteiger partial charge in [-0.25, -0.2) is 9.48 Å². The minimum absolute atomic E-state index is 0.0830. The highest BCUT2D eigenvalue weighted by Crippen LogP contribution is 2.28. The fourth-order valence-corrected chi connectivity index (χ4v) is 6.07. The average Bonchev–Trinajstić information content (AvgIpc) is 3.65. The Balaban J connectivity index is 1.30. The van der Waals surface area contributed by atoms with E-state index in [1.807, 2.05) is 0 Å². The second kappa shape index (κ2) is 16.5. The number of piperazine rings is 1. The number of carbonyl (C=O) groups is 6. The molecule has 0 spiro atoms. The lowest BCUT2D eigenvalue weighted by Crippen LogP contribution is -2.56. The highest BCUT2D eigenvalue weighted by Gasteiger charge is 2.38. The van der Waals surface area contributed by atoms with E-state index in [0.717, 1.165) is 12.8 Å². The second-order valence-electron chi connectivity index (χ2n) is 12.7. The van der Waals surface area contributed by atoms with E-state index < -0.39 is 42.1 Å². The van der Waals surface area contributed by atoms with Gasteiger partial charge < -0.3 is 39.9 Å². The van der Waals surface area contributed by atoms with Gasteiger partial charge in [0.2, 0.25) is 17.7 Å². The van der Waals surface area contributed by atoms with Gasteiger partial charge in [-0.05, 0) is 64.0 Å². The van der Waals surface area contributed by atoms with Gasteiger partial charge in [0.15, 0.2) is 11.8 Å². The van der Waals surface area contributed by atoms with Crippen LogP contribution in [0.5, 0.6) is 5.88 Å². The molecule has 3 fully saturated rings. The Morgan fingerprint density at radius 1 is 0.960 bits per heavy atom. The van der Waals surface area contributed by atoms with Crippen LogP contribution < -0.4 is 15.4 Å². The summed E-state index contributed by atoms with van der Waals surface area (Å²) < 4.78 is 12.5. The van der Waals surface area contributed by atoms with Crippen LogP contribution in [-0.4, -0.2) is 129 Å². The first kappa shape index (κ1) is 36.1. The van der Waals surface area contributed by atoms with Crippen molar-refractivity contribution in [2.45, 2.75) is 70.6 Å². The molecule has 270 valence electrons. The van der Waals surface area contributed by atoms with Crippen LogP contribution >= 0.6 is 0 Å². The molecule has 5 amide bonds. The number of aromatic nitrogens is 2. The predicted molar refractivity (Wildman–Crippen MR) is 177 cm³/mol. The standard InChI is InChI=1S/C34H45N7O9/c1-3-49-34(48)39-18-16-38(17-19-39)33(47)25(13-14-29(42)43)36-30(44)26-20-28(41(37-26)24-8-5-4-6-9-24)50-22(2)32(46)40-15-7-10-27(40)31(45)35-21-23-11-12-23/h4-6,8-9,20,22-23,25,27H,3,7,10-19,21H2,1-2H3,(H,35,45)(H,36,44)(H,42,43)/t22-,25-,27-/m0/s1. The van der Waals surface area contributed by atoms with Gasteiger partial charge in [-0.2, -0.15) is 5.10 Å². The van der Waals surface area contributed by atoms with Crippen molar-refractivity contribution in [2.24, 2.45) is 5.92 Å². The van der Waals surface area contributed by atoms with Crippen molar-refractivity contribution >= 4 is 35.7 Å². The van der Waals surface area contributed by atoms with Crippen LogP contribution in [0, 0.1) is 5.92 Å². The molecule has 16 heteroatoms. The number of ether oxygens (including phenoxy) is 2. The van der Waals surface area contributed by atoms with Crippen LogP contribution in [0.1, 0.15) is 62.9 Å². The Morgan fingerprint density at radius 3 is 2.32 bits per heavy atom. The normalized spacial score (nSPS) is 18.6. The molecule has 5 rings (SSSR count). The quantitative estimate of drug-likeness (QED) is 0.260. The number of likely N-dealkylation sites (tertiary alicyclic amines) is 1. The number of aliphatic carboxylic acids is 1. The van der Waals surface area contributed by atoms with Gasteiger partial charge in [0.1, 0.15) is 12.1 Å². The van der Waals surface area contributed by atoms with Crippen molar-refractivity contribution in [1.82, 2.24) is 35.1 Å². The van der Waals surface area contributed by atoms with Crippen molar-refractivity contribution in [3.63, 3.8) is 0 Å². The smallest absolute Gasteiger partial charge is 0.409 e. The third-order valence-corrected chi connectivity index (χ3v) is 9.02. The van der Waals surface area contributed by atoms with Crippen molar-refractivity contribution in [3.8, 4) is 11.6 Å². The SMILES string of the molecule is CCOC(=O)N1CCN(C(=O)[C@H](CCC(=O)O)NC(=O)c2cc(O[C@@H](C)C(=O)N3CCC[C@H]3C(=O)NCC3CC3)n(-c3ccccc3)n2)CC1. The third kappa shape index (κ3) is 9.09. The molecule has 2 aliphatic heterocycles. The summed E-state index contributed by atoms with van der Waals surface area (Å²) in [5, 5.41) is 19.4.